The molecule has 2 aliphatic heterocycles. The minimum absolute atomic E-state index is 0.161. The number of hydrogen-bond acceptors (Lipinski definition) is 2. The predicted octanol–water partition coefficient (Wildman–Crippen LogP) is 6.13. The fourth-order valence-corrected chi connectivity index (χ4v) is 5.03. The second kappa shape index (κ2) is 7.46. The smallest absolute Gasteiger partial charge is 0.228 e. The third-order valence-corrected chi connectivity index (χ3v) is 6.43. The normalized spacial score (nSPS) is 26.5. The number of amides is 1. The molecule has 3 atom stereocenters. The maximum atomic E-state index is 14.2. The van der Waals surface area contributed by atoms with E-state index in [1.807, 2.05) is 30.3 Å². The van der Waals surface area contributed by atoms with Crippen molar-refractivity contribution in [1.29, 1.82) is 0 Å². The molecule has 28 heavy (non-hydrogen) atoms. The fourth-order valence-electron chi connectivity index (χ4n) is 4.10. The zero-order valence-corrected chi connectivity index (χ0v) is 18.6. The van der Waals surface area contributed by atoms with Crippen molar-refractivity contribution >= 4 is 51.7 Å². The summed E-state index contributed by atoms with van der Waals surface area (Å²) in [6.45, 7) is 1.79. The van der Waals surface area contributed by atoms with E-state index < -0.39 is 16.7 Å². The molecule has 1 unspecified atom stereocenters. The molecule has 2 aromatic carbocycles. The number of benzene rings is 2. The van der Waals surface area contributed by atoms with Crippen molar-refractivity contribution < 1.29 is 9.44 Å². The topological polar surface area (TPSA) is 43.4 Å². The molecule has 4 nitrogen and oxygen atoms in total. The Kier molecular flexibility index (Phi) is 5.31. The molecule has 4 rings (SSSR count). The minimum Gasteiger partial charge on any atom is -0.625 e. The number of hydrogen-bond donors (Lipinski definition) is 0. The van der Waals surface area contributed by atoms with Gasteiger partial charge in [0.25, 0.3) is 0 Å². The molecular formula is C21H17Cl2IN2O2. The molecule has 0 radical (unpaired) electrons. The van der Waals surface area contributed by atoms with Gasteiger partial charge < -0.3 is 9.85 Å². The Morgan fingerprint density at radius 2 is 1.57 bits per heavy atom. The maximum absolute atomic E-state index is 14.2. The van der Waals surface area contributed by atoms with Gasteiger partial charge in [0.1, 0.15) is 18.6 Å². The van der Waals surface area contributed by atoms with Crippen LogP contribution in [0, 0.1) is 5.21 Å². The lowest BCUT2D eigenvalue weighted by molar-refractivity contribution is -0.862. The molecule has 2 heterocycles. The number of quaternary nitrogens is 1. The number of halogens is 3. The molecule has 0 aromatic heterocycles. The summed E-state index contributed by atoms with van der Waals surface area (Å²) >= 11 is 14.3. The van der Waals surface area contributed by atoms with Crippen molar-refractivity contribution in [3.63, 3.8) is 0 Å². The zero-order valence-electron chi connectivity index (χ0n) is 15.0. The van der Waals surface area contributed by atoms with E-state index in [0.29, 0.717) is 15.9 Å². The SMILES string of the molecule is CC(=O)N1C2=CC=C(I)C[N+]2([O-])[C@@H](c2ccc(Cl)cc2)[C@H]1c1ccc(Cl)cc1. The van der Waals surface area contributed by atoms with Crippen molar-refractivity contribution in [2.45, 2.75) is 19.0 Å². The van der Waals surface area contributed by atoms with Gasteiger partial charge in [0.15, 0.2) is 0 Å². The van der Waals surface area contributed by atoms with Crippen LogP contribution in [0.5, 0.6) is 0 Å². The van der Waals surface area contributed by atoms with Gasteiger partial charge in [-0.2, -0.15) is 0 Å². The summed E-state index contributed by atoms with van der Waals surface area (Å²) in [6.07, 6.45) is 3.68. The molecule has 0 aliphatic carbocycles. The molecule has 2 aromatic rings. The number of fused-ring (bicyclic) bond motifs is 1. The van der Waals surface area contributed by atoms with E-state index in [1.54, 1.807) is 35.2 Å². The van der Waals surface area contributed by atoms with Gasteiger partial charge in [-0.05, 0) is 58.5 Å². The molecule has 0 saturated carbocycles. The maximum Gasteiger partial charge on any atom is 0.228 e. The van der Waals surface area contributed by atoms with Gasteiger partial charge in [-0.15, -0.1) is 0 Å². The quantitative estimate of drug-likeness (QED) is 0.268. The minimum atomic E-state index is -0.608. The Hall–Kier alpha value is -1.38. The number of carbonyl (C=O) groups is 1. The van der Waals surface area contributed by atoms with Gasteiger partial charge in [-0.1, -0.05) is 47.5 Å². The zero-order chi connectivity index (χ0) is 20.1. The van der Waals surface area contributed by atoms with Crippen LogP contribution in [0.25, 0.3) is 0 Å². The third kappa shape index (κ3) is 3.29. The van der Waals surface area contributed by atoms with Crippen LogP contribution in [0.1, 0.15) is 30.1 Å². The van der Waals surface area contributed by atoms with Gasteiger partial charge in [0.05, 0.1) is 0 Å². The van der Waals surface area contributed by atoms with Crippen molar-refractivity contribution in [3.8, 4) is 0 Å². The van der Waals surface area contributed by atoms with Crippen LogP contribution in [-0.4, -0.2) is 22.0 Å². The fraction of sp³-hybridized carbons (Fsp3) is 0.190. The van der Waals surface area contributed by atoms with Crippen LogP contribution in [0.15, 0.2) is 70.1 Å². The first kappa shape index (κ1) is 19.9. The van der Waals surface area contributed by atoms with Crippen molar-refractivity contribution in [1.82, 2.24) is 4.90 Å². The Morgan fingerprint density at radius 3 is 2.11 bits per heavy atom. The second-order valence-electron chi connectivity index (χ2n) is 6.97. The highest BCUT2D eigenvalue weighted by Crippen LogP contribution is 2.55. The molecule has 7 heteroatoms. The monoisotopic (exact) mass is 526 g/mol. The lowest BCUT2D eigenvalue weighted by Gasteiger charge is -2.45. The first-order chi connectivity index (χ1) is 13.3. The van der Waals surface area contributed by atoms with Gasteiger partial charge >= 0.3 is 0 Å². The van der Waals surface area contributed by atoms with Crippen LogP contribution >= 0.6 is 45.8 Å². The van der Waals surface area contributed by atoms with Crippen molar-refractivity contribution in [2.24, 2.45) is 0 Å². The van der Waals surface area contributed by atoms with E-state index in [1.165, 1.54) is 6.92 Å². The van der Waals surface area contributed by atoms with Gasteiger partial charge in [-0.3, -0.25) is 9.69 Å². The summed E-state index contributed by atoms with van der Waals surface area (Å²) in [6, 6.07) is 13.7. The summed E-state index contributed by atoms with van der Waals surface area (Å²) in [5.41, 5.74) is 1.72. The molecule has 0 N–H and O–H groups in total. The lowest BCUT2D eigenvalue weighted by Crippen LogP contribution is -2.44. The second-order valence-corrected chi connectivity index (χ2v) is 9.23. The average molecular weight is 527 g/mol. The van der Waals surface area contributed by atoms with Crippen LogP contribution in [0.4, 0.5) is 0 Å². The molecule has 1 saturated heterocycles. The summed E-state index contributed by atoms with van der Waals surface area (Å²) in [4.78, 5) is 14.3. The molecule has 1 amide bonds. The predicted molar refractivity (Wildman–Crippen MR) is 120 cm³/mol. The van der Waals surface area contributed by atoms with E-state index in [2.05, 4.69) is 22.6 Å². The Balaban J connectivity index is 1.95. The van der Waals surface area contributed by atoms with E-state index in [4.69, 9.17) is 23.2 Å². The molecule has 2 aliphatic rings. The van der Waals surface area contributed by atoms with Crippen LogP contribution < -0.4 is 0 Å². The molecule has 144 valence electrons. The summed E-state index contributed by atoms with van der Waals surface area (Å²) in [5.74, 6) is 0.305. The van der Waals surface area contributed by atoms with Gasteiger partial charge in [-0.25, -0.2) is 0 Å². The lowest BCUT2D eigenvalue weighted by atomic mass is 9.92. The van der Waals surface area contributed by atoms with E-state index >= 15 is 0 Å². The highest BCUT2D eigenvalue weighted by molar-refractivity contribution is 14.1. The van der Waals surface area contributed by atoms with E-state index in [-0.39, 0.29) is 12.5 Å². The van der Waals surface area contributed by atoms with Crippen LogP contribution in [-0.2, 0) is 4.79 Å². The largest absolute Gasteiger partial charge is 0.625 e. The Labute approximate surface area is 187 Å². The van der Waals surface area contributed by atoms with Gasteiger partial charge in [0, 0.05) is 32.2 Å². The molecule has 0 bridgehead atoms. The third-order valence-electron chi connectivity index (χ3n) is 5.22. The Morgan fingerprint density at radius 1 is 1.04 bits per heavy atom. The summed E-state index contributed by atoms with van der Waals surface area (Å²) in [5, 5.41) is 15.5. The molecule has 1 fully saturated rings. The van der Waals surface area contributed by atoms with Crippen molar-refractivity contribution in [2.75, 3.05) is 6.54 Å². The number of nitrogens with zero attached hydrogens (tertiary/aromatic N) is 2. The number of allylic oxidation sites excluding steroid dienone is 2. The number of carbonyl (C=O) groups excluding carboxylic acids is 1. The van der Waals surface area contributed by atoms with Crippen LogP contribution in [0.3, 0.4) is 0 Å². The van der Waals surface area contributed by atoms with Gasteiger partial charge in [0.2, 0.25) is 11.7 Å². The summed E-state index contributed by atoms with van der Waals surface area (Å²) in [7, 11) is 0. The average Bonchev–Trinajstić information content (AvgIpc) is 2.91. The molecular weight excluding hydrogens is 510 g/mol. The standard InChI is InChI=1S/C21H17Cl2IN2O2/c1-13(27)25-19-11-10-18(24)12-26(19,28)21(15-4-8-17(23)9-5-15)20(25)14-2-6-16(22)7-3-14/h2-11,20-21H,12H2,1H3/t20-,21+,26?/m1/s1. The number of hydroxylamine groups is 3. The highest BCUT2D eigenvalue weighted by Gasteiger charge is 2.55. The Bertz CT molecular complexity index is 988. The molecule has 0 spiro atoms. The number of rotatable bonds is 2. The van der Waals surface area contributed by atoms with E-state index in [0.717, 1.165) is 14.7 Å². The van der Waals surface area contributed by atoms with Crippen molar-refractivity contribution in [3.05, 3.63) is 96.5 Å². The first-order valence-electron chi connectivity index (χ1n) is 8.77. The highest BCUT2D eigenvalue weighted by atomic mass is 127. The summed E-state index contributed by atoms with van der Waals surface area (Å²) < 4.78 is 0.346. The first-order valence-corrected chi connectivity index (χ1v) is 10.6. The van der Waals surface area contributed by atoms with Crippen LogP contribution in [0.2, 0.25) is 10.0 Å². The van der Waals surface area contributed by atoms with E-state index in [9.17, 15) is 10.0 Å².